The molecule has 0 radical (unpaired) electrons. The van der Waals surface area contributed by atoms with Gasteiger partial charge < -0.3 is 0 Å². The monoisotopic (exact) mass is 296 g/mol. The second-order valence-electron chi connectivity index (χ2n) is 4.34. The van der Waals surface area contributed by atoms with Gasteiger partial charge in [0.25, 0.3) is 0 Å². The fourth-order valence-electron chi connectivity index (χ4n) is 1.50. The maximum absolute atomic E-state index is 6.10. The molecule has 0 aromatic heterocycles. The molecule has 1 rings (SSSR count). The SMILES string of the molecule is CC(C)(C=C(Cl)Cl)Cc1ccc(Cl)cc1Cl. The van der Waals surface area contributed by atoms with Crippen molar-refractivity contribution >= 4 is 46.4 Å². The smallest absolute Gasteiger partial charge is 0.0843 e. The topological polar surface area (TPSA) is 0 Å². The van der Waals surface area contributed by atoms with E-state index in [9.17, 15) is 0 Å². The summed E-state index contributed by atoms with van der Waals surface area (Å²) >= 11 is 23.3. The minimum absolute atomic E-state index is 0.143. The Morgan fingerprint density at radius 1 is 1.25 bits per heavy atom. The number of rotatable bonds is 3. The molecular weight excluding hydrogens is 286 g/mol. The Bertz CT molecular complexity index is 403. The zero-order chi connectivity index (χ0) is 12.3. The van der Waals surface area contributed by atoms with Crippen molar-refractivity contribution in [3.63, 3.8) is 0 Å². The summed E-state index contributed by atoms with van der Waals surface area (Å²) in [5.74, 6) is 0. The van der Waals surface area contributed by atoms with Crippen LogP contribution >= 0.6 is 46.4 Å². The molecule has 1 aromatic carbocycles. The molecule has 0 bridgehead atoms. The first-order valence-corrected chi connectivity index (χ1v) is 6.29. The highest BCUT2D eigenvalue weighted by Gasteiger charge is 2.17. The van der Waals surface area contributed by atoms with Crippen LogP contribution in [0.2, 0.25) is 10.0 Å². The van der Waals surface area contributed by atoms with Crippen LogP contribution in [0.25, 0.3) is 0 Å². The van der Waals surface area contributed by atoms with Gasteiger partial charge in [0.15, 0.2) is 0 Å². The summed E-state index contributed by atoms with van der Waals surface area (Å²) < 4.78 is 0.273. The van der Waals surface area contributed by atoms with Crippen molar-refractivity contribution in [2.45, 2.75) is 20.3 Å². The zero-order valence-corrected chi connectivity index (χ0v) is 12.1. The molecule has 0 N–H and O–H groups in total. The van der Waals surface area contributed by atoms with Gasteiger partial charge >= 0.3 is 0 Å². The predicted molar refractivity (Wildman–Crippen MR) is 73.7 cm³/mol. The number of hydrogen-bond acceptors (Lipinski definition) is 0. The van der Waals surface area contributed by atoms with E-state index in [0.29, 0.717) is 10.0 Å². The van der Waals surface area contributed by atoms with Gasteiger partial charge in [-0.1, -0.05) is 66.3 Å². The van der Waals surface area contributed by atoms with Crippen LogP contribution in [0.15, 0.2) is 28.8 Å². The van der Waals surface area contributed by atoms with Crippen molar-refractivity contribution in [1.82, 2.24) is 0 Å². The van der Waals surface area contributed by atoms with Gasteiger partial charge in [0.2, 0.25) is 0 Å². The van der Waals surface area contributed by atoms with Crippen LogP contribution < -0.4 is 0 Å². The van der Waals surface area contributed by atoms with Gasteiger partial charge in [0, 0.05) is 10.0 Å². The van der Waals surface area contributed by atoms with Gasteiger partial charge in [-0.2, -0.15) is 0 Å². The zero-order valence-electron chi connectivity index (χ0n) is 9.03. The third-order valence-corrected chi connectivity index (χ3v) is 2.97. The molecule has 1 aromatic rings. The molecule has 0 atom stereocenters. The molecule has 0 fully saturated rings. The molecule has 0 aliphatic heterocycles. The molecule has 0 aliphatic carbocycles. The summed E-state index contributed by atoms with van der Waals surface area (Å²) in [6, 6.07) is 5.48. The normalized spacial score (nSPS) is 11.4. The first-order chi connectivity index (χ1) is 7.30. The molecule has 0 saturated carbocycles. The van der Waals surface area contributed by atoms with E-state index in [0.717, 1.165) is 12.0 Å². The maximum atomic E-state index is 6.10. The van der Waals surface area contributed by atoms with E-state index in [2.05, 4.69) is 0 Å². The lowest BCUT2D eigenvalue weighted by atomic mass is 9.86. The lowest BCUT2D eigenvalue weighted by molar-refractivity contribution is 0.478. The van der Waals surface area contributed by atoms with Crippen LogP contribution in [0.4, 0.5) is 0 Å². The van der Waals surface area contributed by atoms with Crippen molar-refractivity contribution < 1.29 is 0 Å². The van der Waals surface area contributed by atoms with E-state index in [1.165, 1.54) is 0 Å². The lowest BCUT2D eigenvalue weighted by Crippen LogP contribution is -2.12. The number of allylic oxidation sites excluding steroid dienone is 1. The highest BCUT2D eigenvalue weighted by molar-refractivity contribution is 6.55. The van der Waals surface area contributed by atoms with Crippen molar-refractivity contribution in [3.05, 3.63) is 44.4 Å². The van der Waals surface area contributed by atoms with Crippen LogP contribution in [0, 0.1) is 5.41 Å². The Balaban J connectivity index is 2.92. The fourth-order valence-corrected chi connectivity index (χ4v) is 2.57. The van der Waals surface area contributed by atoms with Crippen LogP contribution in [0.5, 0.6) is 0 Å². The molecule has 0 unspecified atom stereocenters. The second kappa shape index (κ2) is 5.64. The van der Waals surface area contributed by atoms with Gasteiger partial charge in [-0.05, 0) is 35.6 Å². The summed E-state index contributed by atoms with van der Waals surface area (Å²) in [6.45, 7) is 4.09. The minimum Gasteiger partial charge on any atom is -0.0843 e. The van der Waals surface area contributed by atoms with Gasteiger partial charge in [-0.3, -0.25) is 0 Å². The minimum atomic E-state index is -0.143. The first kappa shape index (κ1) is 14.2. The summed E-state index contributed by atoms with van der Waals surface area (Å²) in [7, 11) is 0. The van der Waals surface area contributed by atoms with Crippen molar-refractivity contribution in [2.24, 2.45) is 5.41 Å². The molecule has 88 valence electrons. The van der Waals surface area contributed by atoms with E-state index >= 15 is 0 Å². The van der Waals surface area contributed by atoms with E-state index in [1.54, 1.807) is 12.1 Å². The standard InChI is InChI=1S/C12H12Cl4/c1-12(2,7-11(15)16)6-8-3-4-9(13)5-10(8)14/h3-5,7H,6H2,1-2H3. The Kier molecular flexibility index (Phi) is 5.00. The van der Waals surface area contributed by atoms with E-state index in [1.807, 2.05) is 26.0 Å². The average Bonchev–Trinajstić information content (AvgIpc) is 2.07. The van der Waals surface area contributed by atoms with Crippen LogP contribution in [-0.4, -0.2) is 0 Å². The van der Waals surface area contributed by atoms with E-state index in [4.69, 9.17) is 46.4 Å². The summed E-state index contributed by atoms with van der Waals surface area (Å²) in [4.78, 5) is 0. The summed E-state index contributed by atoms with van der Waals surface area (Å²) in [5, 5.41) is 1.30. The highest BCUT2D eigenvalue weighted by Crippen LogP contribution is 2.31. The molecular formula is C12H12Cl4. The molecule has 4 heteroatoms. The predicted octanol–water partition coefficient (Wildman–Crippen LogP) is 5.88. The maximum Gasteiger partial charge on any atom is 0.103 e. The number of benzene rings is 1. The molecule has 0 amide bonds. The summed E-state index contributed by atoms with van der Waals surface area (Å²) in [6.07, 6.45) is 2.56. The van der Waals surface area contributed by atoms with Crippen LogP contribution in [0.3, 0.4) is 0 Å². The van der Waals surface area contributed by atoms with Gasteiger partial charge in [-0.15, -0.1) is 0 Å². The first-order valence-electron chi connectivity index (χ1n) is 4.78. The van der Waals surface area contributed by atoms with Crippen molar-refractivity contribution in [3.8, 4) is 0 Å². The van der Waals surface area contributed by atoms with Crippen molar-refractivity contribution in [1.29, 1.82) is 0 Å². The molecule has 0 spiro atoms. The Hall–Kier alpha value is 0.120. The molecule has 0 nitrogen and oxygen atoms in total. The third kappa shape index (κ3) is 4.55. The number of halogens is 4. The quantitative estimate of drug-likeness (QED) is 0.653. The fraction of sp³-hybridized carbons (Fsp3) is 0.333. The molecule has 0 aliphatic rings. The van der Waals surface area contributed by atoms with Crippen LogP contribution in [-0.2, 0) is 6.42 Å². The summed E-state index contributed by atoms with van der Waals surface area (Å²) in [5.41, 5.74) is 0.887. The number of hydrogen-bond donors (Lipinski definition) is 0. The lowest BCUT2D eigenvalue weighted by Gasteiger charge is -2.21. The van der Waals surface area contributed by atoms with Gasteiger partial charge in [-0.25, -0.2) is 0 Å². The van der Waals surface area contributed by atoms with Gasteiger partial charge in [0.05, 0.1) is 0 Å². The Morgan fingerprint density at radius 2 is 1.88 bits per heavy atom. The van der Waals surface area contributed by atoms with Crippen LogP contribution in [0.1, 0.15) is 19.4 Å². The third-order valence-electron chi connectivity index (χ3n) is 2.16. The molecule has 16 heavy (non-hydrogen) atoms. The second-order valence-corrected chi connectivity index (χ2v) is 6.19. The molecule has 0 heterocycles. The van der Waals surface area contributed by atoms with E-state index < -0.39 is 0 Å². The Labute approximate surface area is 116 Å². The Morgan fingerprint density at radius 3 is 2.38 bits per heavy atom. The van der Waals surface area contributed by atoms with Gasteiger partial charge in [0.1, 0.15) is 4.49 Å². The average molecular weight is 298 g/mol. The van der Waals surface area contributed by atoms with Crippen molar-refractivity contribution in [2.75, 3.05) is 0 Å². The molecule has 0 saturated heterocycles. The largest absolute Gasteiger partial charge is 0.103 e. The van der Waals surface area contributed by atoms with E-state index in [-0.39, 0.29) is 9.91 Å². The highest BCUT2D eigenvalue weighted by atomic mass is 35.5.